The van der Waals surface area contributed by atoms with Crippen molar-refractivity contribution in [2.45, 2.75) is 36.9 Å². The summed E-state index contributed by atoms with van der Waals surface area (Å²) < 4.78 is 0. The van der Waals surface area contributed by atoms with E-state index in [9.17, 15) is 54.3 Å². The molecular weight excluding hydrogens is 515 g/mol. The molecule has 0 aliphatic heterocycles. The van der Waals surface area contributed by atoms with Crippen molar-refractivity contribution in [3.63, 3.8) is 0 Å². The molecule has 0 fully saturated rings. The van der Waals surface area contributed by atoms with Crippen LogP contribution in [-0.2, 0) is 28.8 Å². The van der Waals surface area contributed by atoms with Gasteiger partial charge in [-0.05, 0) is 0 Å². The molecule has 0 saturated heterocycles. The van der Waals surface area contributed by atoms with Crippen molar-refractivity contribution in [2.24, 2.45) is 0 Å². The normalized spacial score (nSPS) is 10.6. The predicted octanol–water partition coefficient (Wildman–Crippen LogP) is -24.2. The van der Waals surface area contributed by atoms with Crippen molar-refractivity contribution in [1.82, 2.24) is 0 Å². The first-order valence-electron chi connectivity index (χ1n) is 6.24. The Labute approximate surface area is 326 Å². The molecule has 1 atom stereocenters. The molecule has 0 aliphatic rings. The van der Waals surface area contributed by atoms with Gasteiger partial charge < -0.3 is 64.8 Å². The molecule has 3 N–H and O–H groups in total. The largest absolute Gasteiger partial charge is 1.00 e. The van der Waals surface area contributed by atoms with Crippen LogP contribution in [0.15, 0.2) is 0 Å². The number of carbonyl (C=O) groups excluding carboxylic acids is 5. The number of aliphatic hydroxyl groups is 2. The zero-order valence-corrected chi connectivity index (χ0v) is 29.9. The molecular formula is C12H11K2Na3O14. The van der Waals surface area contributed by atoms with Gasteiger partial charge in [0, 0.05) is 37.2 Å². The van der Waals surface area contributed by atoms with Gasteiger partial charge in [0.05, 0.1) is 18.4 Å². The Kier molecular flexibility index (Phi) is 40.5. The first-order valence-corrected chi connectivity index (χ1v) is 6.24. The van der Waals surface area contributed by atoms with Gasteiger partial charge in [-0.2, -0.15) is 0 Å². The van der Waals surface area contributed by atoms with Crippen molar-refractivity contribution in [2.75, 3.05) is 0 Å². The van der Waals surface area contributed by atoms with Crippen LogP contribution in [0.3, 0.4) is 0 Å². The second-order valence-corrected chi connectivity index (χ2v) is 4.85. The van der Waals surface area contributed by atoms with E-state index >= 15 is 0 Å². The van der Waals surface area contributed by atoms with Gasteiger partial charge in [-0.1, -0.05) is 0 Å². The molecule has 19 heteroatoms. The van der Waals surface area contributed by atoms with E-state index in [1.54, 1.807) is 0 Å². The van der Waals surface area contributed by atoms with E-state index in [2.05, 4.69) is 0 Å². The predicted molar refractivity (Wildman–Crippen MR) is 61.0 cm³/mol. The van der Waals surface area contributed by atoms with E-state index in [0.717, 1.165) is 0 Å². The van der Waals surface area contributed by atoms with Crippen molar-refractivity contribution < 1.29 is 261 Å². The number of carboxylic acids is 6. The molecule has 31 heavy (non-hydrogen) atoms. The van der Waals surface area contributed by atoms with Gasteiger partial charge in [0.15, 0.2) is 0 Å². The average Bonchev–Trinajstić information content (AvgIpc) is 2.34. The third-order valence-corrected chi connectivity index (χ3v) is 2.51. The van der Waals surface area contributed by atoms with Crippen molar-refractivity contribution >= 4 is 35.8 Å². The number of rotatable bonds is 10. The fourth-order valence-corrected chi connectivity index (χ4v) is 1.38. The fraction of sp³-hybridized carbons (Fsp3) is 0.500. The second kappa shape index (κ2) is 24.7. The summed E-state index contributed by atoms with van der Waals surface area (Å²) >= 11 is 0. The Morgan fingerprint density at radius 2 is 0.742 bits per heavy atom. The summed E-state index contributed by atoms with van der Waals surface area (Å²) in [5.41, 5.74) is -5.89. The summed E-state index contributed by atoms with van der Waals surface area (Å²) in [6, 6.07) is 0. The Bertz CT molecular complexity index is 531. The summed E-state index contributed by atoms with van der Waals surface area (Å²) in [5.74, 6) is -11.7. The number of aliphatic carboxylic acids is 6. The SMILES string of the molecule is O=C([O-])CC(O)(CC(=O)O)C(=O)[O-].O=C([O-])CC(O)(CC(=O)[O-])C(=O)[O-].[K+].[K+].[Na+].[Na+].[Na+]. The zero-order chi connectivity index (χ0) is 21.3. The van der Waals surface area contributed by atoms with Gasteiger partial charge in [0.25, 0.3) is 0 Å². The molecule has 0 saturated carbocycles. The molecule has 14 nitrogen and oxygen atoms in total. The molecule has 0 aromatic rings. The molecule has 0 aliphatic carbocycles. The van der Waals surface area contributed by atoms with Crippen LogP contribution in [-0.4, -0.2) is 62.3 Å². The third-order valence-electron chi connectivity index (χ3n) is 2.51. The molecule has 148 valence electrons. The third kappa shape index (κ3) is 25.9. The van der Waals surface area contributed by atoms with E-state index in [0.29, 0.717) is 0 Å². The van der Waals surface area contributed by atoms with E-state index in [4.69, 9.17) is 15.3 Å². The second-order valence-electron chi connectivity index (χ2n) is 4.85. The molecule has 0 aromatic heterocycles. The van der Waals surface area contributed by atoms with Crippen LogP contribution in [0.5, 0.6) is 0 Å². The van der Waals surface area contributed by atoms with E-state index in [-0.39, 0.29) is 191 Å². The maximum absolute atomic E-state index is 10.2. The smallest absolute Gasteiger partial charge is 0.550 e. The van der Waals surface area contributed by atoms with Crippen LogP contribution in [0.25, 0.3) is 0 Å². The molecule has 0 spiro atoms. The molecule has 0 radical (unpaired) electrons. The van der Waals surface area contributed by atoms with E-state index < -0.39 is 72.7 Å². The van der Waals surface area contributed by atoms with Gasteiger partial charge in [-0.3, -0.25) is 4.79 Å². The fourth-order valence-electron chi connectivity index (χ4n) is 1.38. The Hall–Kier alpha value is 3.01. The van der Waals surface area contributed by atoms with Crippen LogP contribution in [0.4, 0.5) is 0 Å². The van der Waals surface area contributed by atoms with Crippen LogP contribution >= 0.6 is 0 Å². The minimum absolute atomic E-state index is 0. The summed E-state index contributed by atoms with van der Waals surface area (Å²) in [7, 11) is 0. The quantitative estimate of drug-likeness (QED) is 0.223. The minimum Gasteiger partial charge on any atom is -0.550 e. The summed E-state index contributed by atoms with van der Waals surface area (Å²) in [6.07, 6.45) is -5.28. The van der Waals surface area contributed by atoms with Crippen LogP contribution in [0.1, 0.15) is 25.7 Å². The zero-order valence-electron chi connectivity index (χ0n) is 17.7. The molecule has 1 unspecified atom stereocenters. The van der Waals surface area contributed by atoms with Gasteiger partial charge in [-0.25, -0.2) is 0 Å². The molecule has 0 amide bonds. The maximum Gasteiger partial charge on any atom is 1.00 e. The van der Waals surface area contributed by atoms with E-state index in [1.165, 1.54) is 0 Å². The molecule has 0 aromatic carbocycles. The number of hydrogen-bond donors (Lipinski definition) is 3. The van der Waals surface area contributed by atoms with Crippen molar-refractivity contribution in [1.29, 1.82) is 0 Å². The van der Waals surface area contributed by atoms with Crippen molar-refractivity contribution in [3.8, 4) is 0 Å². The van der Waals surface area contributed by atoms with Crippen LogP contribution in [0, 0.1) is 0 Å². The molecule has 0 bridgehead atoms. The monoisotopic (exact) mass is 526 g/mol. The van der Waals surface area contributed by atoms with Gasteiger partial charge >= 0.3 is 197 Å². The summed E-state index contributed by atoms with van der Waals surface area (Å²) in [5, 5.41) is 76.2. The molecule has 0 rings (SSSR count). The first kappa shape index (κ1) is 50.8. The molecule has 0 heterocycles. The standard InChI is InChI=1S/2C6H8O7.2K.3Na/c2*7-3(8)1-6(13,5(11)12)2-4(9)10;;;;;/h2*13H,1-2H2,(H,7,8)(H,9,10)(H,11,12);;;;;/q;;5*+1/p-5. The summed E-state index contributed by atoms with van der Waals surface area (Å²) in [6.45, 7) is 0. The average molecular weight is 526 g/mol. The number of carboxylic acid groups (broad SMARTS) is 6. The first-order chi connectivity index (χ1) is 11.6. The van der Waals surface area contributed by atoms with Gasteiger partial charge in [0.2, 0.25) is 0 Å². The van der Waals surface area contributed by atoms with Gasteiger partial charge in [-0.15, -0.1) is 0 Å². The summed E-state index contributed by atoms with van der Waals surface area (Å²) in [4.78, 5) is 60.2. The van der Waals surface area contributed by atoms with Gasteiger partial charge in [0.1, 0.15) is 11.2 Å². The topological polar surface area (TPSA) is 278 Å². The Balaban J connectivity index is -0.0000000640. The maximum atomic E-state index is 10.2. The Morgan fingerprint density at radius 3 is 0.871 bits per heavy atom. The Morgan fingerprint density at radius 1 is 0.548 bits per heavy atom. The van der Waals surface area contributed by atoms with E-state index in [1.807, 2.05) is 0 Å². The number of hydrogen-bond acceptors (Lipinski definition) is 13. The van der Waals surface area contributed by atoms with Crippen LogP contribution in [0.2, 0.25) is 0 Å². The van der Waals surface area contributed by atoms with Crippen molar-refractivity contribution in [3.05, 3.63) is 0 Å². The minimum atomic E-state index is -2.97. The number of carbonyl (C=O) groups is 6. The van der Waals surface area contributed by atoms with Crippen LogP contribution < -0.4 is 217 Å².